The zero-order chi connectivity index (χ0) is 14.9. The van der Waals surface area contributed by atoms with E-state index in [1.165, 1.54) is 12.8 Å². The van der Waals surface area contributed by atoms with Gasteiger partial charge in [0.1, 0.15) is 0 Å². The summed E-state index contributed by atoms with van der Waals surface area (Å²) in [6.45, 7) is 3.53. The number of hydrogen-bond acceptors (Lipinski definition) is 3. The maximum absolute atomic E-state index is 12.8. The lowest BCUT2D eigenvalue weighted by atomic mass is 9.85. The fourth-order valence-electron chi connectivity index (χ4n) is 3.98. The van der Waals surface area contributed by atoms with E-state index >= 15 is 0 Å². The molecule has 1 saturated carbocycles. The quantitative estimate of drug-likeness (QED) is 0.867. The maximum Gasteiger partial charge on any atom is 0.391 e. The van der Waals surface area contributed by atoms with Crippen LogP contribution >= 0.6 is 0 Å². The Hall–Kier alpha value is -0.330. The number of fused-ring (bicyclic) bond motifs is 1. The van der Waals surface area contributed by atoms with Crippen LogP contribution in [0.15, 0.2) is 0 Å². The van der Waals surface area contributed by atoms with Gasteiger partial charge in [0, 0.05) is 25.2 Å². The monoisotopic (exact) mass is 306 g/mol. The van der Waals surface area contributed by atoms with Gasteiger partial charge in [0.05, 0.1) is 18.6 Å². The number of nitrogens with one attached hydrogen (secondary N) is 1. The number of ether oxygens (including phenoxy) is 1. The molecule has 3 aliphatic rings. The minimum atomic E-state index is -4.04. The molecule has 1 aliphatic carbocycles. The molecular formula is C15H25F3N2O. The number of hydrogen-bond donors (Lipinski definition) is 1. The molecule has 2 saturated heterocycles. The maximum atomic E-state index is 12.8. The molecule has 3 fully saturated rings. The zero-order valence-electron chi connectivity index (χ0n) is 12.4. The van der Waals surface area contributed by atoms with Crippen LogP contribution in [0.4, 0.5) is 13.2 Å². The van der Waals surface area contributed by atoms with E-state index < -0.39 is 12.1 Å². The Balaban J connectivity index is 1.42. The Morgan fingerprint density at radius 2 is 2.00 bits per heavy atom. The van der Waals surface area contributed by atoms with Crippen LogP contribution in [0.5, 0.6) is 0 Å². The molecule has 0 amide bonds. The Morgan fingerprint density at radius 1 is 1.14 bits per heavy atom. The van der Waals surface area contributed by atoms with Gasteiger partial charge in [-0.1, -0.05) is 6.42 Å². The van der Waals surface area contributed by atoms with Crippen molar-refractivity contribution < 1.29 is 17.9 Å². The number of nitrogens with zero attached hydrogens (tertiary/aromatic N) is 1. The molecule has 2 aliphatic heterocycles. The second kappa shape index (κ2) is 6.42. The molecule has 0 radical (unpaired) electrons. The van der Waals surface area contributed by atoms with E-state index in [0.29, 0.717) is 19.0 Å². The summed E-state index contributed by atoms with van der Waals surface area (Å²) in [5.41, 5.74) is 0. The van der Waals surface area contributed by atoms with E-state index in [0.717, 1.165) is 26.1 Å². The van der Waals surface area contributed by atoms with Gasteiger partial charge in [0.15, 0.2) is 0 Å². The highest BCUT2D eigenvalue weighted by Gasteiger charge is 2.42. The molecule has 3 rings (SSSR count). The van der Waals surface area contributed by atoms with Crippen LogP contribution in [-0.4, -0.2) is 55.5 Å². The molecule has 6 heteroatoms. The van der Waals surface area contributed by atoms with E-state index in [-0.39, 0.29) is 25.0 Å². The van der Waals surface area contributed by atoms with Crippen molar-refractivity contribution >= 4 is 0 Å². The first-order chi connectivity index (χ1) is 10.0. The molecular weight excluding hydrogens is 281 g/mol. The first-order valence-corrected chi connectivity index (χ1v) is 8.18. The standard InChI is InChI=1S/C15H25F3N2O/c16-15(17,18)11-3-1-4-12(7-11)19-8-14-9-20-6-2-5-13(20)10-21-14/h11-14,19H,1-10H2. The highest BCUT2D eigenvalue weighted by molar-refractivity contribution is 4.87. The van der Waals surface area contributed by atoms with Crippen molar-refractivity contribution in [3.05, 3.63) is 0 Å². The lowest BCUT2D eigenvalue weighted by molar-refractivity contribution is -0.183. The largest absolute Gasteiger partial charge is 0.391 e. The van der Waals surface area contributed by atoms with E-state index in [2.05, 4.69) is 10.2 Å². The molecule has 0 aromatic carbocycles. The Kier molecular flexibility index (Phi) is 4.76. The van der Waals surface area contributed by atoms with E-state index in [1.807, 2.05) is 0 Å². The number of alkyl halides is 3. The predicted octanol–water partition coefficient (Wildman–Crippen LogP) is 2.56. The highest BCUT2D eigenvalue weighted by atomic mass is 19.4. The number of rotatable bonds is 3. The molecule has 0 bridgehead atoms. The highest BCUT2D eigenvalue weighted by Crippen LogP contribution is 2.37. The molecule has 2 heterocycles. The second-order valence-electron chi connectivity index (χ2n) is 6.76. The molecule has 0 aromatic rings. The minimum absolute atomic E-state index is 0.00900. The topological polar surface area (TPSA) is 24.5 Å². The van der Waals surface area contributed by atoms with Crippen molar-refractivity contribution in [2.75, 3.05) is 26.2 Å². The fraction of sp³-hybridized carbons (Fsp3) is 1.00. The number of morpholine rings is 1. The van der Waals surface area contributed by atoms with Crippen LogP contribution in [-0.2, 0) is 4.74 Å². The first kappa shape index (κ1) is 15.6. The Labute approximate surface area is 124 Å². The van der Waals surface area contributed by atoms with Gasteiger partial charge in [-0.05, 0) is 38.6 Å². The number of halogens is 3. The zero-order valence-corrected chi connectivity index (χ0v) is 12.4. The lowest BCUT2D eigenvalue weighted by Crippen LogP contribution is -2.51. The first-order valence-electron chi connectivity index (χ1n) is 8.18. The summed E-state index contributed by atoms with van der Waals surface area (Å²) in [6.07, 6.45) is 0.586. The summed E-state index contributed by atoms with van der Waals surface area (Å²) in [6, 6.07) is 0.566. The van der Waals surface area contributed by atoms with Crippen molar-refractivity contribution in [3.8, 4) is 0 Å². The molecule has 1 N–H and O–H groups in total. The molecule has 3 nitrogen and oxygen atoms in total. The fourth-order valence-corrected chi connectivity index (χ4v) is 3.98. The van der Waals surface area contributed by atoms with Gasteiger partial charge in [0.25, 0.3) is 0 Å². The minimum Gasteiger partial charge on any atom is -0.374 e. The molecule has 21 heavy (non-hydrogen) atoms. The van der Waals surface area contributed by atoms with Crippen molar-refractivity contribution in [1.82, 2.24) is 10.2 Å². The molecule has 4 atom stereocenters. The van der Waals surface area contributed by atoms with Crippen molar-refractivity contribution in [2.24, 2.45) is 5.92 Å². The van der Waals surface area contributed by atoms with Crippen LogP contribution in [0.2, 0.25) is 0 Å². The molecule has 0 aromatic heterocycles. The summed E-state index contributed by atoms with van der Waals surface area (Å²) in [5, 5.41) is 3.32. The van der Waals surface area contributed by atoms with Crippen LogP contribution in [0.1, 0.15) is 38.5 Å². The van der Waals surface area contributed by atoms with Gasteiger partial charge < -0.3 is 10.1 Å². The van der Waals surface area contributed by atoms with Crippen molar-refractivity contribution in [3.63, 3.8) is 0 Å². The lowest BCUT2D eigenvalue weighted by Gasteiger charge is -2.37. The Bertz CT molecular complexity index is 350. The van der Waals surface area contributed by atoms with Crippen LogP contribution < -0.4 is 5.32 Å². The third kappa shape index (κ3) is 3.90. The van der Waals surface area contributed by atoms with E-state index in [4.69, 9.17) is 4.74 Å². The third-order valence-corrected chi connectivity index (χ3v) is 5.23. The van der Waals surface area contributed by atoms with Crippen LogP contribution in [0.25, 0.3) is 0 Å². The van der Waals surface area contributed by atoms with Gasteiger partial charge in [-0.25, -0.2) is 0 Å². The van der Waals surface area contributed by atoms with E-state index in [9.17, 15) is 13.2 Å². The van der Waals surface area contributed by atoms with Gasteiger partial charge in [-0.15, -0.1) is 0 Å². The summed E-state index contributed by atoms with van der Waals surface area (Å²) in [4.78, 5) is 2.47. The summed E-state index contributed by atoms with van der Waals surface area (Å²) in [7, 11) is 0. The van der Waals surface area contributed by atoms with Gasteiger partial charge in [-0.2, -0.15) is 13.2 Å². The third-order valence-electron chi connectivity index (χ3n) is 5.23. The normalized spacial score (nSPS) is 38.4. The summed E-state index contributed by atoms with van der Waals surface area (Å²) >= 11 is 0. The van der Waals surface area contributed by atoms with Gasteiger partial charge in [0.2, 0.25) is 0 Å². The Morgan fingerprint density at radius 3 is 2.81 bits per heavy atom. The van der Waals surface area contributed by atoms with Crippen molar-refractivity contribution in [2.45, 2.75) is 62.9 Å². The van der Waals surface area contributed by atoms with Crippen LogP contribution in [0, 0.1) is 5.92 Å². The second-order valence-corrected chi connectivity index (χ2v) is 6.76. The van der Waals surface area contributed by atoms with Gasteiger partial charge >= 0.3 is 6.18 Å². The van der Waals surface area contributed by atoms with Crippen LogP contribution in [0.3, 0.4) is 0 Å². The smallest absolute Gasteiger partial charge is 0.374 e. The average Bonchev–Trinajstić information content (AvgIpc) is 2.92. The summed E-state index contributed by atoms with van der Waals surface area (Å²) in [5.74, 6) is -1.13. The molecule has 122 valence electrons. The molecule has 4 unspecified atom stereocenters. The van der Waals surface area contributed by atoms with E-state index in [1.54, 1.807) is 0 Å². The average molecular weight is 306 g/mol. The predicted molar refractivity (Wildman–Crippen MR) is 74.1 cm³/mol. The molecule has 0 spiro atoms. The van der Waals surface area contributed by atoms with Crippen molar-refractivity contribution in [1.29, 1.82) is 0 Å². The summed E-state index contributed by atoms with van der Waals surface area (Å²) < 4.78 is 44.2. The van der Waals surface area contributed by atoms with Gasteiger partial charge in [-0.3, -0.25) is 4.90 Å². The SMILES string of the molecule is FC(F)(F)C1CCCC(NCC2CN3CCCC3CO2)C1.